The zero-order valence-corrected chi connectivity index (χ0v) is 17.8. The summed E-state index contributed by atoms with van der Waals surface area (Å²) >= 11 is 2.39. The molecule has 3 heterocycles. The highest BCUT2D eigenvalue weighted by Crippen LogP contribution is 2.44. The molecule has 2 aromatic heterocycles. The van der Waals surface area contributed by atoms with Gasteiger partial charge in [0.2, 0.25) is 0 Å². The summed E-state index contributed by atoms with van der Waals surface area (Å²) in [5.41, 5.74) is 3.63. The SMILES string of the molecule is CCc1nnc2n1CC(C1CCCCC1)c1cnn(-c3ccccc3I)c1-2. The van der Waals surface area contributed by atoms with Gasteiger partial charge in [0.25, 0.3) is 0 Å². The van der Waals surface area contributed by atoms with Crippen LogP contribution in [-0.2, 0) is 13.0 Å². The number of hydrogen-bond acceptors (Lipinski definition) is 3. The van der Waals surface area contributed by atoms with E-state index in [1.54, 1.807) is 0 Å². The van der Waals surface area contributed by atoms with Crippen molar-refractivity contribution in [3.63, 3.8) is 0 Å². The summed E-state index contributed by atoms with van der Waals surface area (Å²) in [6.07, 6.45) is 9.77. The Bertz CT molecular complexity index is 967. The molecule has 5 nitrogen and oxygen atoms in total. The van der Waals surface area contributed by atoms with E-state index in [1.807, 2.05) is 0 Å². The number of rotatable bonds is 3. The van der Waals surface area contributed by atoms with Crippen molar-refractivity contribution in [2.45, 2.75) is 57.9 Å². The highest BCUT2D eigenvalue weighted by molar-refractivity contribution is 14.1. The number of aromatic nitrogens is 5. The van der Waals surface area contributed by atoms with Crippen molar-refractivity contribution in [1.82, 2.24) is 24.5 Å². The Labute approximate surface area is 173 Å². The molecule has 1 atom stereocenters. The molecule has 5 rings (SSSR count). The first kappa shape index (κ1) is 17.4. The van der Waals surface area contributed by atoms with E-state index in [1.165, 1.54) is 41.2 Å². The number of hydrogen-bond donors (Lipinski definition) is 0. The first-order chi connectivity index (χ1) is 13.3. The van der Waals surface area contributed by atoms with Gasteiger partial charge in [-0.1, -0.05) is 38.3 Å². The van der Waals surface area contributed by atoms with Crippen LogP contribution in [0.4, 0.5) is 0 Å². The van der Waals surface area contributed by atoms with E-state index in [0.29, 0.717) is 5.92 Å². The maximum atomic E-state index is 4.84. The Kier molecular flexibility index (Phi) is 4.53. The van der Waals surface area contributed by atoms with Crippen LogP contribution in [0.25, 0.3) is 17.2 Å². The highest BCUT2D eigenvalue weighted by atomic mass is 127. The Morgan fingerprint density at radius 2 is 1.93 bits per heavy atom. The van der Waals surface area contributed by atoms with Gasteiger partial charge in [0, 0.05) is 28.0 Å². The summed E-state index contributed by atoms with van der Waals surface area (Å²) in [6, 6.07) is 8.42. The molecule has 6 heteroatoms. The Morgan fingerprint density at radius 1 is 1.11 bits per heavy atom. The number of fused-ring (bicyclic) bond motifs is 3. The molecule has 0 N–H and O–H groups in total. The highest BCUT2D eigenvalue weighted by Gasteiger charge is 2.36. The lowest BCUT2D eigenvalue weighted by Crippen LogP contribution is -2.26. The minimum Gasteiger partial charge on any atom is -0.309 e. The van der Waals surface area contributed by atoms with Crippen molar-refractivity contribution >= 4 is 22.6 Å². The van der Waals surface area contributed by atoms with Crippen LogP contribution in [0.15, 0.2) is 30.5 Å². The van der Waals surface area contributed by atoms with Crippen LogP contribution >= 0.6 is 22.6 Å². The minimum absolute atomic E-state index is 0.518. The van der Waals surface area contributed by atoms with Gasteiger partial charge in [-0.25, -0.2) is 4.68 Å². The number of nitrogens with zero attached hydrogens (tertiary/aromatic N) is 5. The third-order valence-corrected chi connectivity index (χ3v) is 7.14. The zero-order valence-electron chi connectivity index (χ0n) is 15.6. The number of benzene rings is 1. The average Bonchev–Trinajstić information content (AvgIpc) is 3.32. The van der Waals surface area contributed by atoms with Crippen LogP contribution < -0.4 is 0 Å². The molecule has 3 aromatic rings. The molecule has 1 aliphatic carbocycles. The fourth-order valence-corrected chi connectivity index (χ4v) is 5.48. The Balaban J connectivity index is 1.69. The summed E-state index contributed by atoms with van der Waals surface area (Å²) in [5.74, 6) is 3.33. The molecule has 1 unspecified atom stereocenters. The van der Waals surface area contributed by atoms with Crippen molar-refractivity contribution in [2.75, 3.05) is 0 Å². The molecule has 0 bridgehead atoms. The maximum Gasteiger partial charge on any atom is 0.183 e. The van der Waals surface area contributed by atoms with Gasteiger partial charge < -0.3 is 4.57 Å². The molecule has 2 aliphatic rings. The number of halogens is 1. The van der Waals surface area contributed by atoms with Crippen molar-refractivity contribution in [3.8, 4) is 17.2 Å². The van der Waals surface area contributed by atoms with Crippen LogP contribution in [0.3, 0.4) is 0 Å². The van der Waals surface area contributed by atoms with E-state index in [2.05, 4.69) is 79.4 Å². The lowest BCUT2D eigenvalue weighted by atomic mass is 9.75. The van der Waals surface area contributed by atoms with E-state index < -0.39 is 0 Å². The second-order valence-electron chi connectivity index (χ2n) is 7.72. The molecule has 140 valence electrons. The van der Waals surface area contributed by atoms with Gasteiger partial charge in [-0.05, 0) is 53.5 Å². The lowest BCUT2D eigenvalue weighted by Gasteiger charge is -2.34. The van der Waals surface area contributed by atoms with E-state index in [-0.39, 0.29) is 0 Å². The zero-order chi connectivity index (χ0) is 18.4. The van der Waals surface area contributed by atoms with Gasteiger partial charge in [-0.3, -0.25) is 0 Å². The molecule has 1 saturated carbocycles. The van der Waals surface area contributed by atoms with Crippen LogP contribution in [0.2, 0.25) is 0 Å². The van der Waals surface area contributed by atoms with E-state index in [9.17, 15) is 0 Å². The van der Waals surface area contributed by atoms with Gasteiger partial charge >= 0.3 is 0 Å². The van der Waals surface area contributed by atoms with E-state index >= 15 is 0 Å². The summed E-state index contributed by atoms with van der Waals surface area (Å²) in [6.45, 7) is 3.17. The van der Waals surface area contributed by atoms with Crippen molar-refractivity contribution in [2.24, 2.45) is 5.92 Å². The van der Waals surface area contributed by atoms with Crippen LogP contribution in [0.5, 0.6) is 0 Å². The molecule has 1 aliphatic heterocycles. The van der Waals surface area contributed by atoms with Crippen molar-refractivity contribution < 1.29 is 0 Å². The summed E-state index contributed by atoms with van der Waals surface area (Å²) in [5, 5.41) is 13.9. The van der Waals surface area contributed by atoms with E-state index in [0.717, 1.165) is 41.9 Å². The molecule has 1 aromatic carbocycles. The predicted molar refractivity (Wildman–Crippen MR) is 114 cm³/mol. The predicted octanol–water partition coefficient (Wildman–Crippen LogP) is 4.98. The van der Waals surface area contributed by atoms with Gasteiger partial charge in [0.05, 0.1) is 11.9 Å². The molecule has 27 heavy (non-hydrogen) atoms. The van der Waals surface area contributed by atoms with Crippen molar-refractivity contribution in [3.05, 3.63) is 45.4 Å². The molecule has 1 fully saturated rings. The van der Waals surface area contributed by atoms with Crippen LogP contribution in [0, 0.1) is 9.49 Å². The third kappa shape index (κ3) is 2.83. The smallest absolute Gasteiger partial charge is 0.183 e. The fourth-order valence-electron chi connectivity index (χ4n) is 4.86. The normalized spacial score (nSPS) is 19.7. The Hall–Kier alpha value is -1.70. The lowest BCUT2D eigenvalue weighted by molar-refractivity contribution is 0.280. The molecule has 0 amide bonds. The molecule has 0 spiro atoms. The molecular weight excluding hydrogens is 449 g/mol. The summed E-state index contributed by atoms with van der Waals surface area (Å²) < 4.78 is 5.64. The second-order valence-corrected chi connectivity index (χ2v) is 8.88. The number of para-hydroxylation sites is 1. The molecule has 0 saturated heterocycles. The first-order valence-corrected chi connectivity index (χ1v) is 11.1. The summed E-state index contributed by atoms with van der Waals surface area (Å²) in [7, 11) is 0. The first-order valence-electron chi connectivity index (χ1n) is 10.0. The van der Waals surface area contributed by atoms with Gasteiger partial charge in [0.15, 0.2) is 5.82 Å². The van der Waals surface area contributed by atoms with Gasteiger partial charge in [-0.2, -0.15) is 5.10 Å². The topological polar surface area (TPSA) is 48.5 Å². The maximum absolute atomic E-state index is 4.84. The quantitative estimate of drug-likeness (QED) is 0.505. The second kappa shape index (κ2) is 7.04. The van der Waals surface area contributed by atoms with Crippen LogP contribution in [0.1, 0.15) is 56.3 Å². The summed E-state index contributed by atoms with van der Waals surface area (Å²) in [4.78, 5) is 0. The minimum atomic E-state index is 0.518. The molecular formula is C21H24IN5. The average molecular weight is 473 g/mol. The molecule has 0 radical (unpaired) electrons. The van der Waals surface area contributed by atoms with Crippen molar-refractivity contribution in [1.29, 1.82) is 0 Å². The Morgan fingerprint density at radius 3 is 2.70 bits per heavy atom. The third-order valence-electron chi connectivity index (χ3n) is 6.23. The van der Waals surface area contributed by atoms with Gasteiger partial charge in [-0.15, -0.1) is 10.2 Å². The van der Waals surface area contributed by atoms with E-state index in [4.69, 9.17) is 5.10 Å². The fraction of sp³-hybridized carbons (Fsp3) is 0.476. The van der Waals surface area contributed by atoms with Gasteiger partial charge in [0.1, 0.15) is 11.5 Å². The monoisotopic (exact) mass is 473 g/mol. The number of aryl methyl sites for hydroxylation is 1. The standard InChI is InChI=1S/C21H24IN5/c1-2-19-24-25-21-20-15(12-23-27(20)18-11-7-6-10-17(18)22)16(13-26(19)21)14-8-4-3-5-9-14/h6-7,10-12,14,16H,2-5,8-9,13H2,1H3. The largest absolute Gasteiger partial charge is 0.309 e. The van der Waals surface area contributed by atoms with Crippen LogP contribution in [-0.4, -0.2) is 24.5 Å².